The number of hydrogen-bond acceptors (Lipinski definition) is 3. The van der Waals surface area contributed by atoms with Crippen molar-refractivity contribution in [3.05, 3.63) is 70.3 Å². The molecular weight excluding hydrogens is 326 g/mol. The third-order valence-corrected chi connectivity index (χ3v) is 4.24. The first-order valence-corrected chi connectivity index (χ1v) is 8.00. The van der Waals surface area contributed by atoms with Gasteiger partial charge in [-0.25, -0.2) is 0 Å². The van der Waals surface area contributed by atoms with E-state index in [9.17, 15) is 14.7 Å². The van der Waals surface area contributed by atoms with E-state index >= 15 is 0 Å². The molecule has 2 aromatic rings. The summed E-state index contributed by atoms with van der Waals surface area (Å²) in [6.07, 6.45) is 2.37. The Morgan fingerprint density at radius 1 is 1.12 bits per heavy atom. The van der Waals surface area contributed by atoms with E-state index in [2.05, 4.69) is 0 Å². The van der Waals surface area contributed by atoms with Crippen LogP contribution in [-0.4, -0.2) is 28.4 Å². The van der Waals surface area contributed by atoms with Crippen LogP contribution in [-0.2, 0) is 16.0 Å². The number of imide groups is 1. The highest BCUT2D eigenvalue weighted by molar-refractivity contribution is 6.32. The van der Waals surface area contributed by atoms with Crippen LogP contribution in [0, 0.1) is 0 Å². The van der Waals surface area contributed by atoms with E-state index in [1.165, 1.54) is 11.0 Å². The molecule has 0 atom stereocenters. The number of aromatic hydroxyl groups is 1. The van der Waals surface area contributed by atoms with E-state index in [0.717, 1.165) is 5.56 Å². The van der Waals surface area contributed by atoms with Gasteiger partial charge in [-0.05, 0) is 35.8 Å². The van der Waals surface area contributed by atoms with E-state index in [4.69, 9.17) is 11.6 Å². The Balaban J connectivity index is 1.73. The maximum atomic E-state index is 12.4. The molecule has 0 aliphatic carbocycles. The molecule has 1 heterocycles. The van der Waals surface area contributed by atoms with Crippen LogP contribution in [0.15, 0.2) is 54.1 Å². The smallest absolute Gasteiger partial charge is 0.256 e. The molecule has 0 spiro atoms. The van der Waals surface area contributed by atoms with Gasteiger partial charge in [-0.15, -0.1) is 0 Å². The normalized spacial score (nSPS) is 16.2. The molecule has 0 aromatic heterocycles. The minimum Gasteiger partial charge on any atom is -0.506 e. The first-order chi connectivity index (χ1) is 11.5. The van der Waals surface area contributed by atoms with Crippen LogP contribution in [0.2, 0.25) is 5.02 Å². The molecule has 5 heteroatoms. The van der Waals surface area contributed by atoms with Gasteiger partial charge in [0, 0.05) is 12.1 Å². The van der Waals surface area contributed by atoms with Gasteiger partial charge < -0.3 is 5.11 Å². The van der Waals surface area contributed by atoms with Crippen LogP contribution < -0.4 is 0 Å². The topological polar surface area (TPSA) is 57.6 Å². The van der Waals surface area contributed by atoms with Gasteiger partial charge in [-0.3, -0.25) is 14.5 Å². The third-order valence-electron chi connectivity index (χ3n) is 3.94. The summed E-state index contributed by atoms with van der Waals surface area (Å²) in [4.78, 5) is 25.9. The minimum absolute atomic E-state index is 0.0165. The second-order valence-electron chi connectivity index (χ2n) is 5.64. The maximum Gasteiger partial charge on any atom is 0.256 e. The van der Waals surface area contributed by atoms with Gasteiger partial charge in [0.25, 0.3) is 5.91 Å². The summed E-state index contributed by atoms with van der Waals surface area (Å²) in [5, 5.41) is 9.65. The Morgan fingerprint density at radius 3 is 2.58 bits per heavy atom. The first-order valence-electron chi connectivity index (χ1n) is 7.62. The molecule has 2 amide bonds. The molecule has 0 saturated carbocycles. The average molecular weight is 342 g/mol. The van der Waals surface area contributed by atoms with Crippen molar-refractivity contribution in [2.75, 3.05) is 6.54 Å². The second kappa shape index (κ2) is 6.89. The van der Waals surface area contributed by atoms with E-state index in [-0.39, 0.29) is 29.0 Å². The van der Waals surface area contributed by atoms with Crippen molar-refractivity contribution in [2.24, 2.45) is 0 Å². The standard InChI is InChI=1S/C19H16ClNO3/c20-16-11-14(6-7-17(16)22)10-15-12-18(23)21(19(15)24)9-8-13-4-2-1-3-5-13/h1-7,10-11,22H,8-9,12H2/b15-10+. The summed E-state index contributed by atoms with van der Waals surface area (Å²) in [7, 11) is 0. The van der Waals surface area contributed by atoms with Crippen molar-refractivity contribution in [2.45, 2.75) is 12.8 Å². The van der Waals surface area contributed by atoms with Crippen LogP contribution in [0.1, 0.15) is 17.5 Å². The molecular formula is C19H16ClNO3. The lowest BCUT2D eigenvalue weighted by Crippen LogP contribution is -2.31. The Hall–Kier alpha value is -2.59. The van der Waals surface area contributed by atoms with E-state index < -0.39 is 0 Å². The fourth-order valence-corrected chi connectivity index (χ4v) is 2.85. The van der Waals surface area contributed by atoms with Crippen LogP contribution in [0.4, 0.5) is 0 Å². The van der Waals surface area contributed by atoms with Crippen LogP contribution in [0.3, 0.4) is 0 Å². The van der Waals surface area contributed by atoms with E-state index in [1.54, 1.807) is 18.2 Å². The quantitative estimate of drug-likeness (QED) is 0.684. The summed E-state index contributed by atoms with van der Waals surface area (Å²) in [6.45, 7) is 0.370. The average Bonchev–Trinajstić information content (AvgIpc) is 2.84. The molecule has 4 nitrogen and oxygen atoms in total. The number of phenolic OH excluding ortho intramolecular Hbond substituents is 1. The molecule has 122 valence electrons. The molecule has 1 N–H and O–H groups in total. The summed E-state index contributed by atoms with van der Waals surface area (Å²) in [5.41, 5.74) is 2.20. The van der Waals surface area contributed by atoms with Crippen molar-refractivity contribution in [1.82, 2.24) is 4.90 Å². The zero-order valence-corrected chi connectivity index (χ0v) is 13.7. The van der Waals surface area contributed by atoms with Crippen molar-refractivity contribution in [3.8, 4) is 5.75 Å². The number of halogens is 1. The SMILES string of the molecule is O=C1C/C(=C\c2ccc(O)c(Cl)c2)C(=O)N1CCc1ccccc1. The number of amides is 2. The third kappa shape index (κ3) is 3.49. The fraction of sp³-hybridized carbons (Fsp3) is 0.158. The van der Waals surface area contributed by atoms with Gasteiger partial charge in [0.05, 0.1) is 11.4 Å². The van der Waals surface area contributed by atoms with Gasteiger partial charge in [-0.2, -0.15) is 0 Å². The van der Waals surface area contributed by atoms with Crippen molar-refractivity contribution in [3.63, 3.8) is 0 Å². The van der Waals surface area contributed by atoms with Crippen molar-refractivity contribution >= 4 is 29.5 Å². The summed E-state index contributed by atoms with van der Waals surface area (Å²) >= 11 is 5.87. The van der Waals surface area contributed by atoms with E-state index in [1.807, 2.05) is 30.3 Å². The number of benzene rings is 2. The molecule has 0 unspecified atom stereocenters. The predicted octanol–water partition coefficient (Wildman–Crippen LogP) is 3.43. The number of phenols is 1. The lowest BCUT2D eigenvalue weighted by Gasteiger charge is -2.13. The Labute approximate surface area is 145 Å². The first kappa shape index (κ1) is 16.3. The fourth-order valence-electron chi connectivity index (χ4n) is 2.66. The Kier molecular flexibility index (Phi) is 4.67. The lowest BCUT2D eigenvalue weighted by molar-refractivity contribution is -0.137. The van der Waals surface area contributed by atoms with Gasteiger partial charge in [-0.1, -0.05) is 48.0 Å². The van der Waals surface area contributed by atoms with Crippen LogP contribution >= 0.6 is 11.6 Å². The van der Waals surface area contributed by atoms with Gasteiger partial charge >= 0.3 is 0 Å². The summed E-state index contributed by atoms with van der Waals surface area (Å²) in [6, 6.07) is 14.4. The number of carbonyl (C=O) groups is 2. The molecule has 0 bridgehead atoms. The summed E-state index contributed by atoms with van der Waals surface area (Å²) in [5.74, 6) is -0.468. The highest BCUT2D eigenvalue weighted by Gasteiger charge is 2.33. The van der Waals surface area contributed by atoms with E-state index in [0.29, 0.717) is 24.1 Å². The van der Waals surface area contributed by atoms with Gasteiger partial charge in [0.15, 0.2) is 0 Å². The zero-order valence-electron chi connectivity index (χ0n) is 12.9. The van der Waals surface area contributed by atoms with Gasteiger partial charge in [0.1, 0.15) is 5.75 Å². The van der Waals surface area contributed by atoms with Crippen LogP contribution in [0.25, 0.3) is 6.08 Å². The number of hydrogen-bond donors (Lipinski definition) is 1. The largest absolute Gasteiger partial charge is 0.506 e. The molecule has 3 rings (SSSR count). The molecule has 2 aromatic carbocycles. The highest BCUT2D eigenvalue weighted by Crippen LogP contribution is 2.27. The molecule has 1 aliphatic rings. The maximum absolute atomic E-state index is 12.4. The summed E-state index contributed by atoms with van der Waals surface area (Å²) < 4.78 is 0. The lowest BCUT2D eigenvalue weighted by atomic mass is 10.1. The molecule has 0 radical (unpaired) electrons. The molecule has 1 aliphatic heterocycles. The van der Waals surface area contributed by atoms with Gasteiger partial charge in [0.2, 0.25) is 5.91 Å². The molecule has 1 fully saturated rings. The van der Waals surface area contributed by atoms with Crippen molar-refractivity contribution in [1.29, 1.82) is 0 Å². The Bertz CT molecular complexity index is 815. The molecule has 1 saturated heterocycles. The second-order valence-corrected chi connectivity index (χ2v) is 6.05. The zero-order chi connectivity index (χ0) is 17.1. The number of likely N-dealkylation sites (tertiary alicyclic amines) is 1. The minimum atomic E-state index is -0.264. The highest BCUT2D eigenvalue weighted by atomic mass is 35.5. The Morgan fingerprint density at radius 2 is 1.88 bits per heavy atom. The monoisotopic (exact) mass is 341 g/mol. The van der Waals surface area contributed by atoms with Crippen molar-refractivity contribution < 1.29 is 14.7 Å². The van der Waals surface area contributed by atoms with Crippen LogP contribution in [0.5, 0.6) is 5.75 Å². The molecule has 24 heavy (non-hydrogen) atoms. The number of nitrogens with zero attached hydrogens (tertiary/aromatic N) is 1. The number of rotatable bonds is 4. The predicted molar refractivity (Wildman–Crippen MR) is 92.6 cm³/mol. The number of carbonyl (C=O) groups excluding carboxylic acids is 2.